The van der Waals surface area contributed by atoms with Gasteiger partial charge in [-0.15, -0.1) is 0 Å². The van der Waals surface area contributed by atoms with Crippen molar-refractivity contribution in [3.8, 4) is 0 Å². The molecule has 0 amide bonds. The van der Waals surface area contributed by atoms with Crippen LogP contribution in [-0.4, -0.2) is 19.3 Å². The van der Waals surface area contributed by atoms with Crippen molar-refractivity contribution in [2.24, 2.45) is 17.6 Å². The second-order valence-corrected chi connectivity index (χ2v) is 2.86. The Kier molecular flexibility index (Phi) is 0.866. The van der Waals surface area contributed by atoms with E-state index in [1.807, 2.05) is 0 Å². The molecule has 2 aliphatic rings. The zero-order valence-electron chi connectivity index (χ0n) is 4.84. The molecule has 0 aromatic heterocycles. The van der Waals surface area contributed by atoms with E-state index in [-0.39, 0.29) is 0 Å². The summed E-state index contributed by atoms with van der Waals surface area (Å²) in [6.07, 6.45) is 1.20. The van der Waals surface area contributed by atoms with Gasteiger partial charge in [-0.2, -0.15) is 0 Å². The number of hydrogen-bond donors (Lipinski definition) is 1. The molecule has 2 rings (SSSR count). The predicted molar refractivity (Wildman–Crippen MR) is 30.4 cm³/mol. The Labute approximate surface area is 49.0 Å². The van der Waals surface area contributed by atoms with Gasteiger partial charge in [0.1, 0.15) is 0 Å². The van der Waals surface area contributed by atoms with Gasteiger partial charge in [-0.1, -0.05) is 0 Å². The van der Waals surface area contributed by atoms with Crippen LogP contribution in [-0.2, 0) is 4.74 Å². The second kappa shape index (κ2) is 1.45. The molecular formula is C6H11NO. The summed E-state index contributed by atoms with van der Waals surface area (Å²) < 4.78 is 5.22. The molecule has 0 radical (unpaired) electrons. The summed E-state index contributed by atoms with van der Waals surface area (Å²) in [5, 5.41) is 0. The van der Waals surface area contributed by atoms with Crippen molar-refractivity contribution in [3.63, 3.8) is 0 Å². The van der Waals surface area contributed by atoms with E-state index in [1.54, 1.807) is 0 Å². The van der Waals surface area contributed by atoms with Crippen LogP contribution in [0.3, 0.4) is 0 Å². The maximum atomic E-state index is 5.68. The van der Waals surface area contributed by atoms with Gasteiger partial charge in [0.25, 0.3) is 0 Å². The Morgan fingerprint density at radius 3 is 2.75 bits per heavy atom. The summed E-state index contributed by atoms with van der Waals surface area (Å²) in [4.78, 5) is 0. The van der Waals surface area contributed by atoms with Gasteiger partial charge in [0, 0.05) is 18.6 Å². The molecule has 1 saturated carbocycles. The third-order valence-electron chi connectivity index (χ3n) is 2.37. The average molecular weight is 113 g/mol. The summed E-state index contributed by atoms with van der Waals surface area (Å²) in [5.74, 6) is 1.54. The Bertz CT molecular complexity index is 105. The fourth-order valence-electron chi connectivity index (χ4n) is 1.66. The smallest absolute Gasteiger partial charge is 0.0512 e. The summed E-state index contributed by atoms with van der Waals surface area (Å²) in [5.41, 5.74) is 5.68. The van der Waals surface area contributed by atoms with Gasteiger partial charge in [0.05, 0.1) is 6.61 Å². The molecule has 1 aliphatic heterocycles. The third-order valence-corrected chi connectivity index (χ3v) is 2.37. The highest BCUT2D eigenvalue weighted by Crippen LogP contribution is 2.37. The van der Waals surface area contributed by atoms with E-state index in [0.29, 0.717) is 6.04 Å². The van der Waals surface area contributed by atoms with Crippen LogP contribution in [0.1, 0.15) is 6.42 Å². The number of nitrogens with two attached hydrogens (primary N) is 1. The normalized spacial score (nSPS) is 52.9. The molecule has 1 aliphatic carbocycles. The minimum Gasteiger partial charge on any atom is -0.381 e. The van der Waals surface area contributed by atoms with Crippen molar-refractivity contribution in [1.29, 1.82) is 0 Å². The maximum Gasteiger partial charge on any atom is 0.0512 e. The second-order valence-electron chi connectivity index (χ2n) is 2.86. The monoisotopic (exact) mass is 113 g/mol. The summed E-state index contributed by atoms with van der Waals surface area (Å²) >= 11 is 0. The molecule has 2 nitrogen and oxygen atoms in total. The van der Waals surface area contributed by atoms with E-state index in [4.69, 9.17) is 10.5 Å². The highest BCUT2D eigenvalue weighted by molar-refractivity contribution is 4.94. The molecule has 0 aromatic rings. The molecule has 46 valence electrons. The molecule has 1 saturated heterocycles. The van der Waals surface area contributed by atoms with Crippen molar-refractivity contribution in [3.05, 3.63) is 0 Å². The van der Waals surface area contributed by atoms with E-state index in [0.717, 1.165) is 25.0 Å². The van der Waals surface area contributed by atoms with Gasteiger partial charge in [0.2, 0.25) is 0 Å². The van der Waals surface area contributed by atoms with E-state index >= 15 is 0 Å². The first kappa shape index (κ1) is 4.77. The molecule has 2 heteroatoms. The standard InChI is InChI=1S/C6H11NO/c7-6-1-4-2-8-3-5(4)6/h4-6H,1-3,7H2/t4-,5+,6-/m0/s1. The molecule has 2 N–H and O–H groups in total. The van der Waals surface area contributed by atoms with Crippen LogP contribution < -0.4 is 5.73 Å². The average Bonchev–Trinajstić information content (AvgIpc) is 2.09. The first-order chi connectivity index (χ1) is 3.88. The van der Waals surface area contributed by atoms with E-state index in [2.05, 4.69) is 0 Å². The lowest BCUT2D eigenvalue weighted by Gasteiger charge is -2.35. The fourth-order valence-corrected chi connectivity index (χ4v) is 1.66. The van der Waals surface area contributed by atoms with Crippen molar-refractivity contribution in [1.82, 2.24) is 0 Å². The van der Waals surface area contributed by atoms with Crippen molar-refractivity contribution >= 4 is 0 Å². The summed E-state index contributed by atoms with van der Waals surface area (Å²) in [6.45, 7) is 1.89. The Balaban J connectivity index is 2.02. The molecule has 0 unspecified atom stereocenters. The lowest BCUT2D eigenvalue weighted by atomic mass is 9.72. The SMILES string of the molecule is N[C@H]1C[C@H]2COC[C@H]21. The minimum atomic E-state index is 0.461. The highest BCUT2D eigenvalue weighted by Gasteiger charge is 2.42. The van der Waals surface area contributed by atoms with Gasteiger partial charge in [-0.3, -0.25) is 0 Å². The summed E-state index contributed by atoms with van der Waals surface area (Å²) in [6, 6.07) is 0.461. The van der Waals surface area contributed by atoms with Crippen molar-refractivity contribution < 1.29 is 4.74 Å². The first-order valence-corrected chi connectivity index (χ1v) is 3.21. The largest absolute Gasteiger partial charge is 0.381 e. The van der Waals surface area contributed by atoms with E-state index in [1.165, 1.54) is 6.42 Å². The van der Waals surface area contributed by atoms with Gasteiger partial charge >= 0.3 is 0 Å². The van der Waals surface area contributed by atoms with Crippen molar-refractivity contribution in [2.75, 3.05) is 13.2 Å². The minimum absolute atomic E-state index is 0.461. The van der Waals surface area contributed by atoms with Crippen LogP contribution in [0.2, 0.25) is 0 Å². The lowest BCUT2D eigenvalue weighted by Crippen LogP contribution is -2.46. The Morgan fingerprint density at radius 1 is 1.38 bits per heavy atom. The van der Waals surface area contributed by atoms with Crippen LogP contribution in [0.15, 0.2) is 0 Å². The molecule has 0 aromatic carbocycles. The zero-order chi connectivity index (χ0) is 5.56. The molecular weight excluding hydrogens is 102 g/mol. The highest BCUT2D eigenvalue weighted by atomic mass is 16.5. The van der Waals surface area contributed by atoms with Gasteiger partial charge in [0.15, 0.2) is 0 Å². The molecule has 8 heavy (non-hydrogen) atoms. The topological polar surface area (TPSA) is 35.2 Å². The zero-order valence-corrected chi connectivity index (χ0v) is 4.84. The fraction of sp³-hybridized carbons (Fsp3) is 1.00. The Hall–Kier alpha value is -0.0800. The molecule has 1 heterocycles. The van der Waals surface area contributed by atoms with E-state index < -0.39 is 0 Å². The van der Waals surface area contributed by atoms with E-state index in [9.17, 15) is 0 Å². The van der Waals surface area contributed by atoms with Crippen LogP contribution >= 0.6 is 0 Å². The van der Waals surface area contributed by atoms with Gasteiger partial charge in [-0.25, -0.2) is 0 Å². The number of rotatable bonds is 0. The number of fused-ring (bicyclic) bond motifs is 1. The van der Waals surface area contributed by atoms with Crippen LogP contribution in [0.4, 0.5) is 0 Å². The predicted octanol–water partition coefficient (Wildman–Crippen LogP) is -0.0200. The number of ether oxygens (including phenoxy) is 1. The quantitative estimate of drug-likeness (QED) is 0.479. The molecule has 0 bridgehead atoms. The molecule has 0 spiro atoms. The summed E-state index contributed by atoms with van der Waals surface area (Å²) in [7, 11) is 0. The lowest BCUT2D eigenvalue weighted by molar-refractivity contribution is 0.185. The molecule has 3 atom stereocenters. The maximum absolute atomic E-state index is 5.68. The number of hydrogen-bond acceptors (Lipinski definition) is 2. The first-order valence-electron chi connectivity index (χ1n) is 3.21. The van der Waals surface area contributed by atoms with Crippen molar-refractivity contribution in [2.45, 2.75) is 12.5 Å². The van der Waals surface area contributed by atoms with Crippen LogP contribution in [0, 0.1) is 11.8 Å². The third kappa shape index (κ3) is 0.446. The van der Waals surface area contributed by atoms with Crippen LogP contribution in [0.5, 0.6) is 0 Å². The van der Waals surface area contributed by atoms with Gasteiger partial charge < -0.3 is 10.5 Å². The Morgan fingerprint density at radius 2 is 2.25 bits per heavy atom. The van der Waals surface area contributed by atoms with Crippen LogP contribution in [0.25, 0.3) is 0 Å². The van der Waals surface area contributed by atoms with Gasteiger partial charge in [-0.05, 0) is 12.3 Å². The molecule has 2 fully saturated rings.